The summed E-state index contributed by atoms with van der Waals surface area (Å²) in [5, 5.41) is 0.553. The molecule has 1 heterocycles. The van der Waals surface area contributed by atoms with Crippen molar-refractivity contribution in [1.29, 1.82) is 0 Å². The monoisotopic (exact) mass is 272 g/mol. The second kappa shape index (κ2) is 6.65. The molecule has 0 aliphatic rings. The Morgan fingerprint density at radius 3 is 3.00 bits per heavy atom. The molecule has 2 rings (SSSR count). The van der Waals surface area contributed by atoms with E-state index >= 15 is 0 Å². The summed E-state index contributed by atoms with van der Waals surface area (Å²) >= 11 is 0. The highest BCUT2D eigenvalue weighted by molar-refractivity contribution is 5.77. The minimum atomic E-state index is -0.330. The van der Waals surface area contributed by atoms with E-state index < -0.39 is 0 Å². The molecule has 0 aliphatic carbocycles. The van der Waals surface area contributed by atoms with E-state index in [1.807, 2.05) is 19.1 Å². The number of hydrogen-bond donors (Lipinski definition) is 0. The molecule has 0 bridgehead atoms. The number of para-hydroxylation sites is 1. The van der Waals surface area contributed by atoms with Crippen LogP contribution in [0.4, 0.5) is 0 Å². The van der Waals surface area contributed by atoms with Crippen LogP contribution in [0, 0.1) is 0 Å². The maximum Gasteiger partial charge on any atom is 0.307 e. The maximum atomic E-state index is 12.2. The lowest BCUT2D eigenvalue weighted by Crippen LogP contribution is -2.22. The average Bonchev–Trinajstić information content (AvgIpc) is 2.47. The summed E-state index contributed by atoms with van der Waals surface area (Å²) in [7, 11) is 0. The summed E-state index contributed by atoms with van der Waals surface area (Å²) in [5.41, 5.74) is 0.515. The fourth-order valence-electron chi connectivity index (χ4n) is 1.79. The largest absolute Gasteiger partial charge is 0.461 e. The van der Waals surface area contributed by atoms with Crippen LogP contribution in [0.3, 0.4) is 0 Å². The summed E-state index contributed by atoms with van der Waals surface area (Å²) in [4.78, 5) is 27.8. The Balaban J connectivity index is 2.05. The molecule has 104 valence electrons. The highest BCUT2D eigenvalue weighted by atomic mass is 16.5. The van der Waals surface area contributed by atoms with Gasteiger partial charge in [0, 0.05) is 6.54 Å². The fourth-order valence-corrected chi connectivity index (χ4v) is 1.79. The smallest absolute Gasteiger partial charge is 0.307 e. The topological polar surface area (TPSA) is 61.2 Å². The molecule has 0 N–H and O–H groups in total. The third kappa shape index (κ3) is 3.32. The van der Waals surface area contributed by atoms with Gasteiger partial charge in [0.2, 0.25) is 0 Å². The van der Waals surface area contributed by atoms with Crippen LogP contribution in [0.15, 0.2) is 47.5 Å². The number of carbonyl (C=O) groups is 1. The number of ether oxygens (including phenoxy) is 1. The number of benzene rings is 1. The molecule has 0 saturated carbocycles. The van der Waals surface area contributed by atoms with Crippen LogP contribution in [0.25, 0.3) is 10.9 Å². The normalized spacial score (nSPS) is 11.1. The molecule has 0 fully saturated rings. The van der Waals surface area contributed by atoms with Crippen molar-refractivity contribution in [2.45, 2.75) is 19.9 Å². The van der Waals surface area contributed by atoms with Crippen LogP contribution < -0.4 is 5.56 Å². The number of aryl methyl sites for hydroxylation is 1. The van der Waals surface area contributed by atoms with Crippen LogP contribution in [0.2, 0.25) is 0 Å². The molecule has 0 saturated heterocycles. The Morgan fingerprint density at radius 1 is 1.40 bits per heavy atom. The average molecular weight is 272 g/mol. The zero-order valence-electron chi connectivity index (χ0n) is 11.3. The van der Waals surface area contributed by atoms with Crippen molar-refractivity contribution in [3.05, 3.63) is 53.1 Å². The molecule has 1 aromatic heterocycles. The van der Waals surface area contributed by atoms with Crippen molar-refractivity contribution in [1.82, 2.24) is 9.55 Å². The predicted octanol–water partition coefficient (Wildman–Crippen LogP) is 1.91. The summed E-state index contributed by atoms with van der Waals surface area (Å²) in [5.74, 6) is -0.330. The van der Waals surface area contributed by atoms with Crippen LogP contribution in [0.1, 0.15) is 13.3 Å². The maximum absolute atomic E-state index is 12.2. The zero-order valence-corrected chi connectivity index (χ0v) is 11.3. The third-order valence-corrected chi connectivity index (χ3v) is 2.86. The number of nitrogens with zero attached hydrogens (tertiary/aromatic N) is 2. The van der Waals surface area contributed by atoms with Gasteiger partial charge in [-0.25, -0.2) is 4.98 Å². The molecule has 2 aromatic rings. The molecule has 1 aromatic carbocycles. The molecule has 0 radical (unpaired) electrons. The molecule has 20 heavy (non-hydrogen) atoms. The first-order valence-corrected chi connectivity index (χ1v) is 6.43. The number of fused-ring (bicyclic) bond motifs is 1. The van der Waals surface area contributed by atoms with E-state index in [0.717, 1.165) is 0 Å². The van der Waals surface area contributed by atoms with E-state index in [2.05, 4.69) is 4.98 Å². The number of allylic oxidation sites excluding steroid dienone is 1. The first kappa shape index (κ1) is 14.0. The van der Waals surface area contributed by atoms with Gasteiger partial charge in [0.1, 0.15) is 6.61 Å². The molecule has 5 heteroatoms. The molecular formula is C15H16N2O3. The zero-order chi connectivity index (χ0) is 14.4. The lowest BCUT2D eigenvalue weighted by atomic mass is 10.2. The number of rotatable bonds is 5. The molecule has 0 aliphatic heterocycles. The highest BCUT2D eigenvalue weighted by Crippen LogP contribution is 2.04. The Hall–Kier alpha value is -2.43. The lowest BCUT2D eigenvalue weighted by Gasteiger charge is -2.06. The Labute approximate surface area is 116 Å². The van der Waals surface area contributed by atoms with Crippen molar-refractivity contribution in [3.8, 4) is 0 Å². The van der Waals surface area contributed by atoms with Gasteiger partial charge in [0.05, 0.1) is 23.7 Å². The van der Waals surface area contributed by atoms with Gasteiger partial charge in [-0.2, -0.15) is 0 Å². The van der Waals surface area contributed by atoms with Crippen molar-refractivity contribution >= 4 is 16.9 Å². The fraction of sp³-hybridized carbons (Fsp3) is 0.267. The SMILES string of the molecule is C/C=C/COC(=O)CCn1cnc2ccccc2c1=O. The van der Waals surface area contributed by atoms with Crippen molar-refractivity contribution in [2.24, 2.45) is 0 Å². The summed E-state index contributed by atoms with van der Waals surface area (Å²) in [6.07, 6.45) is 5.17. The number of esters is 1. The minimum Gasteiger partial charge on any atom is -0.461 e. The molecule has 5 nitrogen and oxygen atoms in total. The van der Waals surface area contributed by atoms with Gasteiger partial charge in [0.25, 0.3) is 5.56 Å². The summed E-state index contributed by atoms with van der Waals surface area (Å²) in [6.45, 7) is 2.39. The van der Waals surface area contributed by atoms with Crippen molar-refractivity contribution < 1.29 is 9.53 Å². The second-order valence-electron chi connectivity index (χ2n) is 4.26. The molecule has 0 spiro atoms. The minimum absolute atomic E-state index is 0.142. The molecule has 0 unspecified atom stereocenters. The van der Waals surface area contributed by atoms with Crippen LogP contribution in [0.5, 0.6) is 0 Å². The van der Waals surface area contributed by atoms with Crippen LogP contribution in [-0.4, -0.2) is 22.1 Å². The Bertz CT molecular complexity index is 689. The van der Waals surface area contributed by atoms with Gasteiger partial charge in [-0.3, -0.25) is 14.2 Å². The predicted molar refractivity (Wildman–Crippen MR) is 76.4 cm³/mol. The Morgan fingerprint density at radius 2 is 2.20 bits per heavy atom. The van der Waals surface area contributed by atoms with Gasteiger partial charge < -0.3 is 4.74 Å². The van der Waals surface area contributed by atoms with E-state index in [0.29, 0.717) is 10.9 Å². The van der Waals surface area contributed by atoms with E-state index in [9.17, 15) is 9.59 Å². The standard InChI is InChI=1S/C15H16N2O3/c1-2-3-10-20-14(18)8-9-17-11-16-13-7-5-4-6-12(13)15(17)19/h2-7,11H,8-10H2,1H3/b3-2+. The van der Waals surface area contributed by atoms with Gasteiger partial charge >= 0.3 is 5.97 Å². The van der Waals surface area contributed by atoms with Gasteiger partial charge in [-0.15, -0.1) is 0 Å². The summed E-state index contributed by atoms with van der Waals surface area (Å²) < 4.78 is 6.40. The first-order valence-electron chi connectivity index (χ1n) is 6.43. The van der Waals surface area contributed by atoms with Crippen LogP contribution >= 0.6 is 0 Å². The van der Waals surface area contributed by atoms with E-state index in [-0.39, 0.29) is 31.1 Å². The van der Waals surface area contributed by atoms with Crippen LogP contribution in [-0.2, 0) is 16.1 Å². The lowest BCUT2D eigenvalue weighted by molar-refractivity contribution is -0.142. The van der Waals surface area contributed by atoms with E-state index in [1.165, 1.54) is 10.9 Å². The summed E-state index contributed by atoms with van der Waals surface area (Å²) in [6, 6.07) is 7.14. The van der Waals surface area contributed by atoms with E-state index in [4.69, 9.17) is 4.74 Å². The van der Waals surface area contributed by atoms with Crippen molar-refractivity contribution in [3.63, 3.8) is 0 Å². The molecule has 0 atom stereocenters. The van der Waals surface area contributed by atoms with E-state index in [1.54, 1.807) is 24.3 Å². The third-order valence-electron chi connectivity index (χ3n) is 2.86. The van der Waals surface area contributed by atoms with Gasteiger partial charge in [-0.1, -0.05) is 24.3 Å². The first-order chi connectivity index (χ1) is 9.72. The molecular weight excluding hydrogens is 256 g/mol. The quantitative estimate of drug-likeness (QED) is 0.616. The number of hydrogen-bond acceptors (Lipinski definition) is 4. The van der Waals surface area contributed by atoms with Crippen molar-refractivity contribution in [2.75, 3.05) is 6.61 Å². The van der Waals surface area contributed by atoms with Gasteiger partial charge in [-0.05, 0) is 19.1 Å². The number of aromatic nitrogens is 2. The molecule has 0 amide bonds. The number of carbonyl (C=O) groups excluding carboxylic acids is 1. The van der Waals surface area contributed by atoms with Gasteiger partial charge in [0.15, 0.2) is 0 Å². The second-order valence-corrected chi connectivity index (χ2v) is 4.26. The highest BCUT2D eigenvalue weighted by Gasteiger charge is 2.06. The Kier molecular flexibility index (Phi) is 4.65.